The second-order valence-electron chi connectivity index (χ2n) is 7.67. The second kappa shape index (κ2) is 6.74. The first-order chi connectivity index (χ1) is 13.7. The van der Waals surface area contributed by atoms with Crippen molar-refractivity contribution in [3.8, 4) is 11.3 Å². The molecule has 2 fully saturated rings. The van der Waals surface area contributed by atoms with Gasteiger partial charge in [0.2, 0.25) is 0 Å². The summed E-state index contributed by atoms with van der Waals surface area (Å²) in [6.07, 6.45) is 3.32. The summed E-state index contributed by atoms with van der Waals surface area (Å²) in [6, 6.07) is 14.2. The molecule has 4 heterocycles. The zero-order valence-corrected chi connectivity index (χ0v) is 15.8. The summed E-state index contributed by atoms with van der Waals surface area (Å²) in [5.74, 6) is 1.95. The predicted octanol–water partition coefficient (Wildman–Crippen LogP) is 2.09. The molecule has 0 saturated carbocycles. The third kappa shape index (κ3) is 2.93. The largest absolute Gasteiger partial charge is 0.354 e. The van der Waals surface area contributed by atoms with Crippen molar-refractivity contribution in [1.29, 1.82) is 0 Å². The van der Waals surface area contributed by atoms with E-state index in [9.17, 15) is 4.79 Å². The molecular weight excluding hydrogens is 352 g/mol. The van der Waals surface area contributed by atoms with Gasteiger partial charge in [0.1, 0.15) is 5.69 Å². The van der Waals surface area contributed by atoms with Crippen LogP contribution in [0.2, 0.25) is 0 Å². The normalized spacial score (nSPS) is 21.2. The Balaban J connectivity index is 1.25. The van der Waals surface area contributed by atoms with E-state index in [1.165, 1.54) is 0 Å². The third-order valence-electron chi connectivity index (χ3n) is 5.85. The fourth-order valence-corrected chi connectivity index (χ4v) is 4.33. The van der Waals surface area contributed by atoms with Gasteiger partial charge in [-0.05, 0) is 12.1 Å². The number of carbonyl (C=O) groups excluding carboxylic acids is 1. The summed E-state index contributed by atoms with van der Waals surface area (Å²) in [6.45, 7) is 3.42. The molecular formula is C21H22N6O. The molecule has 7 nitrogen and oxygen atoms in total. The van der Waals surface area contributed by atoms with E-state index in [-0.39, 0.29) is 5.91 Å². The highest BCUT2D eigenvalue weighted by atomic mass is 16.2. The van der Waals surface area contributed by atoms with Crippen LogP contribution >= 0.6 is 0 Å². The summed E-state index contributed by atoms with van der Waals surface area (Å²) in [4.78, 5) is 21.0. The van der Waals surface area contributed by atoms with Crippen molar-refractivity contribution in [3.63, 3.8) is 0 Å². The molecule has 3 aromatic rings. The molecule has 142 valence electrons. The number of hydrogen-bond acceptors (Lipinski definition) is 5. The Morgan fingerprint density at radius 1 is 0.964 bits per heavy atom. The highest BCUT2D eigenvalue weighted by molar-refractivity contribution is 5.92. The molecule has 2 atom stereocenters. The van der Waals surface area contributed by atoms with Crippen LogP contribution in [0.3, 0.4) is 0 Å². The van der Waals surface area contributed by atoms with Crippen molar-refractivity contribution >= 4 is 11.7 Å². The lowest BCUT2D eigenvalue weighted by Crippen LogP contribution is -2.34. The first kappa shape index (κ1) is 16.9. The number of aryl methyl sites for hydroxylation is 1. The number of hydrogen-bond donors (Lipinski definition) is 0. The molecule has 2 saturated heterocycles. The Labute approximate surface area is 163 Å². The number of anilines is 1. The third-order valence-corrected chi connectivity index (χ3v) is 5.85. The number of imidazole rings is 1. The Bertz CT molecular complexity index is 970. The number of aromatic nitrogens is 4. The quantitative estimate of drug-likeness (QED) is 0.702. The Morgan fingerprint density at radius 2 is 1.71 bits per heavy atom. The van der Waals surface area contributed by atoms with E-state index in [1.807, 2.05) is 48.3 Å². The van der Waals surface area contributed by atoms with Crippen LogP contribution in [-0.4, -0.2) is 56.7 Å². The number of carbonyl (C=O) groups is 1. The molecule has 1 aromatic carbocycles. The maximum Gasteiger partial charge on any atom is 0.272 e. The van der Waals surface area contributed by atoms with E-state index < -0.39 is 0 Å². The van der Waals surface area contributed by atoms with Gasteiger partial charge in [0.25, 0.3) is 5.91 Å². The average molecular weight is 374 g/mol. The van der Waals surface area contributed by atoms with Crippen LogP contribution in [0.25, 0.3) is 11.3 Å². The SMILES string of the molecule is Cn1cncc1C(=O)N1CC2CN(c3ccc(-c4ccccc4)nn3)CC2C1. The maximum atomic E-state index is 12.7. The summed E-state index contributed by atoms with van der Waals surface area (Å²) in [7, 11) is 1.86. The van der Waals surface area contributed by atoms with Crippen LogP contribution in [0.15, 0.2) is 55.0 Å². The summed E-state index contributed by atoms with van der Waals surface area (Å²) in [5, 5.41) is 8.86. The monoisotopic (exact) mass is 374 g/mol. The predicted molar refractivity (Wildman–Crippen MR) is 106 cm³/mol. The summed E-state index contributed by atoms with van der Waals surface area (Å²) < 4.78 is 1.78. The minimum Gasteiger partial charge on any atom is -0.354 e. The van der Waals surface area contributed by atoms with Crippen molar-refractivity contribution in [2.75, 3.05) is 31.1 Å². The number of fused-ring (bicyclic) bond motifs is 1. The van der Waals surface area contributed by atoms with Crippen molar-refractivity contribution in [2.45, 2.75) is 0 Å². The summed E-state index contributed by atoms with van der Waals surface area (Å²) in [5.41, 5.74) is 2.61. The fourth-order valence-electron chi connectivity index (χ4n) is 4.33. The maximum absolute atomic E-state index is 12.7. The molecule has 28 heavy (non-hydrogen) atoms. The fraction of sp³-hybridized carbons (Fsp3) is 0.333. The molecule has 2 aliphatic rings. The molecule has 5 rings (SSSR count). The molecule has 0 N–H and O–H groups in total. The zero-order chi connectivity index (χ0) is 19.1. The minimum atomic E-state index is 0.0768. The number of rotatable bonds is 3. The number of amides is 1. The summed E-state index contributed by atoms with van der Waals surface area (Å²) >= 11 is 0. The van der Waals surface area contributed by atoms with Crippen molar-refractivity contribution in [2.24, 2.45) is 18.9 Å². The number of nitrogens with zero attached hydrogens (tertiary/aromatic N) is 6. The Morgan fingerprint density at radius 3 is 2.32 bits per heavy atom. The van der Waals surface area contributed by atoms with E-state index in [0.717, 1.165) is 43.3 Å². The topological polar surface area (TPSA) is 67.2 Å². The lowest BCUT2D eigenvalue weighted by molar-refractivity contribution is 0.0773. The van der Waals surface area contributed by atoms with Gasteiger partial charge in [0.15, 0.2) is 5.82 Å². The minimum absolute atomic E-state index is 0.0768. The Hall–Kier alpha value is -3.22. The second-order valence-corrected chi connectivity index (χ2v) is 7.67. The van der Waals surface area contributed by atoms with E-state index in [1.54, 1.807) is 17.1 Å². The number of likely N-dealkylation sites (tertiary alicyclic amines) is 1. The standard InChI is InChI=1S/C21H22N6O/c1-25-14-22-9-19(25)21(28)27-12-16-10-26(11-17(16)13-27)20-8-7-18(23-24-20)15-5-3-2-4-6-15/h2-9,14,16-17H,10-13H2,1H3. The molecule has 0 radical (unpaired) electrons. The van der Waals surface area contributed by atoms with Gasteiger partial charge in [-0.25, -0.2) is 4.98 Å². The molecule has 2 unspecified atom stereocenters. The van der Waals surface area contributed by atoms with Gasteiger partial charge in [-0.2, -0.15) is 0 Å². The van der Waals surface area contributed by atoms with Crippen molar-refractivity contribution in [3.05, 3.63) is 60.7 Å². The Kier molecular flexibility index (Phi) is 4.07. The zero-order valence-electron chi connectivity index (χ0n) is 15.8. The van der Waals surface area contributed by atoms with Crippen LogP contribution in [0, 0.1) is 11.8 Å². The first-order valence-corrected chi connectivity index (χ1v) is 9.59. The first-order valence-electron chi connectivity index (χ1n) is 9.59. The van der Waals surface area contributed by atoms with Crippen LogP contribution < -0.4 is 4.90 Å². The van der Waals surface area contributed by atoms with E-state index >= 15 is 0 Å². The van der Waals surface area contributed by atoms with E-state index in [4.69, 9.17) is 0 Å². The lowest BCUT2D eigenvalue weighted by Gasteiger charge is -2.22. The van der Waals surface area contributed by atoms with Gasteiger partial charge in [0, 0.05) is 50.6 Å². The van der Waals surface area contributed by atoms with Gasteiger partial charge in [0.05, 0.1) is 18.2 Å². The van der Waals surface area contributed by atoms with Gasteiger partial charge in [-0.1, -0.05) is 30.3 Å². The molecule has 0 spiro atoms. The van der Waals surface area contributed by atoms with Crippen LogP contribution in [0.4, 0.5) is 5.82 Å². The van der Waals surface area contributed by atoms with Crippen LogP contribution in [0.5, 0.6) is 0 Å². The van der Waals surface area contributed by atoms with E-state index in [0.29, 0.717) is 17.5 Å². The van der Waals surface area contributed by atoms with Gasteiger partial charge in [-0.3, -0.25) is 4.79 Å². The highest BCUT2D eigenvalue weighted by Crippen LogP contribution is 2.34. The molecule has 7 heteroatoms. The van der Waals surface area contributed by atoms with Gasteiger partial charge >= 0.3 is 0 Å². The average Bonchev–Trinajstić information content (AvgIpc) is 3.43. The van der Waals surface area contributed by atoms with Gasteiger partial charge < -0.3 is 14.4 Å². The molecule has 0 bridgehead atoms. The highest BCUT2D eigenvalue weighted by Gasteiger charge is 2.42. The number of benzene rings is 1. The molecule has 1 amide bonds. The van der Waals surface area contributed by atoms with E-state index in [2.05, 4.69) is 26.1 Å². The molecule has 0 aliphatic carbocycles. The smallest absolute Gasteiger partial charge is 0.272 e. The van der Waals surface area contributed by atoms with Crippen LogP contribution in [0.1, 0.15) is 10.5 Å². The van der Waals surface area contributed by atoms with Crippen molar-refractivity contribution in [1.82, 2.24) is 24.6 Å². The van der Waals surface area contributed by atoms with Gasteiger partial charge in [-0.15, -0.1) is 10.2 Å². The van der Waals surface area contributed by atoms with Crippen LogP contribution in [-0.2, 0) is 7.05 Å². The van der Waals surface area contributed by atoms with Crippen molar-refractivity contribution < 1.29 is 4.79 Å². The lowest BCUT2D eigenvalue weighted by atomic mass is 10.0. The molecule has 2 aromatic heterocycles. The molecule has 2 aliphatic heterocycles.